The van der Waals surface area contributed by atoms with Gasteiger partial charge in [-0.1, -0.05) is 25.1 Å². The number of rotatable bonds is 9. The number of halogens is 2. The summed E-state index contributed by atoms with van der Waals surface area (Å²) in [6.45, 7) is 4.00. The summed E-state index contributed by atoms with van der Waals surface area (Å²) in [4.78, 5) is 29.9. The first-order valence-electron chi connectivity index (χ1n) is 11.4. The number of pyridine rings is 2. The first-order chi connectivity index (χ1) is 16.9. The quantitative estimate of drug-likeness (QED) is 0.353. The van der Waals surface area contributed by atoms with Crippen molar-refractivity contribution in [3.63, 3.8) is 0 Å². The van der Waals surface area contributed by atoms with E-state index in [9.17, 15) is 13.6 Å². The maximum atomic E-state index is 12.5. The molecule has 0 spiro atoms. The fourth-order valence-electron chi connectivity index (χ4n) is 3.86. The Balaban J connectivity index is 1.44. The lowest BCUT2D eigenvalue weighted by Gasteiger charge is -2.16. The van der Waals surface area contributed by atoms with E-state index in [1.54, 1.807) is 18.3 Å². The van der Waals surface area contributed by atoms with Gasteiger partial charge in [-0.05, 0) is 43.0 Å². The van der Waals surface area contributed by atoms with E-state index < -0.39 is 18.9 Å². The number of nitrogens with one attached hydrogen (secondary N) is 2. The van der Waals surface area contributed by atoms with Gasteiger partial charge in [-0.15, -0.1) is 0 Å². The highest BCUT2D eigenvalue weighted by Crippen LogP contribution is 2.28. The Hall–Kier alpha value is -4.01. The van der Waals surface area contributed by atoms with Gasteiger partial charge in [-0.25, -0.2) is 18.7 Å². The number of anilines is 1. The van der Waals surface area contributed by atoms with E-state index in [1.807, 2.05) is 37.3 Å². The van der Waals surface area contributed by atoms with Crippen molar-refractivity contribution in [3.8, 4) is 11.3 Å². The molecular formula is C26H26F2N6O. The number of carbonyl (C=O) groups is 1. The summed E-state index contributed by atoms with van der Waals surface area (Å²) in [7, 11) is 0. The van der Waals surface area contributed by atoms with Crippen LogP contribution in [0.4, 0.5) is 14.6 Å². The molecule has 0 aliphatic carbocycles. The van der Waals surface area contributed by atoms with Crippen LogP contribution in [0.2, 0.25) is 0 Å². The highest BCUT2D eigenvalue weighted by Gasteiger charge is 2.16. The third kappa shape index (κ3) is 5.92. The third-order valence-corrected chi connectivity index (χ3v) is 5.75. The molecule has 1 atom stereocenters. The maximum absolute atomic E-state index is 12.5. The number of amides is 1. The van der Waals surface area contributed by atoms with Gasteiger partial charge < -0.3 is 10.6 Å². The van der Waals surface area contributed by atoms with Crippen LogP contribution in [0.1, 0.15) is 40.9 Å². The molecule has 9 heteroatoms. The minimum absolute atomic E-state index is 0.126. The Morgan fingerprint density at radius 1 is 1.06 bits per heavy atom. The monoisotopic (exact) mass is 476 g/mol. The molecule has 180 valence electrons. The average Bonchev–Trinajstić information content (AvgIpc) is 2.87. The molecule has 0 aliphatic heterocycles. The SMILES string of the molecule is Cc1ccc(-c2cc(NCCC(C)c3cccc4c(C(=O)NCC(F)F)ccnc34)ncn2)cn1. The number of hydrogen-bond acceptors (Lipinski definition) is 6. The lowest BCUT2D eigenvalue weighted by atomic mass is 9.93. The van der Waals surface area contributed by atoms with Crippen molar-refractivity contribution in [3.05, 3.63) is 78.0 Å². The molecule has 0 radical (unpaired) electrons. The van der Waals surface area contributed by atoms with Gasteiger partial charge in [-0.3, -0.25) is 14.8 Å². The van der Waals surface area contributed by atoms with Crippen molar-refractivity contribution < 1.29 is 13.6 Å². The highest BCUT2D eigenvalue weighted by molar-refractivity contribution is 6.06. The second-order valence-corrected chi connectivity index (χ2v) is 8.30. The molecule has 0 saturated carbocycles. The lowest BCUT2D eigenvalue weighted by Crippen LogP contribution is -2.28. The molecule has 3 aromatic heterocycles. The van der Waals surface area contributed by atoms with Gasteiger partial charge in [-0.2, -0.15) is 0 Å². The van der Waals surface area contributed by atoms with Gasteiger partial charge in [0.25, 0.3) is 12.3 Å². The van der Waals surface area contributed by atoms with Crippen molar-refractivity contribution in [2.75, 3.05) is 18.4 Å². The van der Waals surface area contributed by atoms with Crippen LogP contribution in [0.3, 0.4) is 0 Å². The molecule has 3 heterocycles. The second kappa shape index (κ2) is 10.9. The Morgan fingerprint density at radius 3 is 2.69 bits per heavy atom. The molecule has 7 nitrogen and oxygen atoms in total. The van der Waals surface area contributed by atoms with Gasteiger partial charge in [0, 0.05) is 41.6 Å². The molecule has 1 aromatic carbocycles. The van der Waals surface area contributed by atoms with Crippen LogP contribution in [0.25, 0.3) is 22.2 Å². The van der Waals surface area contributed by atoms with Gasteiger partial charge in [0.2, 0.25) is 0 Å². The van der Waals surface area contributed by atoms with Gasteiger partial charge >= 0.3 is 0 Å². The second-order valence-electron chi connectivity index (χ2n) is 8.30. The van der Waals surface area contributed by atoms with E-state index in [2.05, 4.69) is 37.5 Å². The summed E-state index contributed by atoms with van der Waals surface area (Å²) in [5.74, 6) is 0.310. The maximum Gasteiger partial charge on any atom is 0.255 e. The molecular weight excluding hydrogens is 450 g/mol. The molecule has 4 rings (SSSR count). The Labute approximate surface area is 202 Å². The van der Waals surface area contributed by atoms with Crippen LogP contribution >= 0.6 is 0 Å². The minimum atomic E-state index is -2.60. The number of fused-ring (bicyclic) bond motifs is 1. The molecule has 1 amide bonds. The fraction of sp³-hybridized carbons (Fsp3) is 0.269. The average molecular weight is 477 g/mol. The van der Waals surface area contributed by atoms with Crippen molar-refractivity contribution in [1.82, 2.24) is 25.3 Å². The first-order valence-corrected chi connectivity index (χ1v) is 11.4. The predicted molar refractivity (Wildman–Crippen MR) is 132 cm³/mol. The number of hydrogen-bond donors (Lipinski definition) is 2. The van der Waals surface area contributed by atoms with E-state index in [0.29, 0.717) is 23.0 Å². The fourth-order valence-corrected chi connectivity index (χ4v) is 3.86. The van der Waals surface area contributed by atoms with Crippen LogP contribution in [0, 0.1) is 6.92 Å². The van der Waals surface area contributed by atoms with Crippen LogP contribution < -0.4 is 10.6 Å². The zero-order chi connectivity index (χ0) is 24.8. The minimum Gasteiger partial charge on any atom is -0.370 e. The summed E-state index contributed by atoms with van der Waals surface area (Å²) < 4.78 is 25.0. The van der Waals surface area contributed by atoms with Crippen LogP contribution in [0.15, 0.2) is 61.2 Å². The van der Waals surface area contributed by atoms with Gasteiger partial charge in [0.1, 0.15) is 12.1 Å². The molecule has 1 unspecified atom stereocenters. The first kappa shape index (κ1) is 24.1. The normalized spacial score (nSPS) is 12.0. The van der Waals surface area contributed by atoms with Crippen molar-refractivity contribution in [2.24, 2.45) is 0 Å². The smallest absolute Gasteiger partial charge is 0.255 e. The molecule has 2 N–H and O–H groups in total. The summed E-state index contributed by atoms with van der Waals surface area (Å²) in [5, 5.41) is 6.26. The largest absolute Gasteiger partial charge is 0.370 e. The Bertz CT molecular complexity index is 1310. The number of alkyl halides is 2. The summed E-state index contributed by atoms with van der Waals surface area (Å²) >= 11 is 0. The van der Waals surface area contributed by atoms with Gasteiger partial charge in [0.15, 0.2) is 0 Å². The summed E-state index contributed by atoms with van der Waals surface area (Å²) in [5.41, 5.74) is 4.67. The molecule has 4 aromatic rings. The van der Waals surface area contributed by atoms with Crippen LogP contribution in [-0.4, -0.2) is 45.4 Å². The molecule has 0 saturated heterocycles. The van der Waals surface area contributed by atoms with Gasteiger partial charge in [0.05, 0.1) is 23.3 Å². The molecule has 0 aliphatic rings. The van der Waals surface area contributed by atoms with E-state index >= 15 is 0 Å². The highest BCUT2D eigenvalue weighted by atomic mass is 19.3. The number of carbonyl (C=O) groups excluding carboxylic acids is 1. The van der Waals surface area contributed by atoms with E-state index in [4.69, 9.17) is 0 Å². The Morgan fingerprint density at radius 2 is 1.91 bits per heavy atom. The van der Waals surface area contributed by atoms with Crippen molar-refractivity contribution in [2.45, 2.75) is 32.6 Å². The number of aryl methyl sites for hydroxylation is 1. The molecule has 35 heavy (non-hydrogen) atoms. The number of aromatic nitrogens is 4. The third-order valence-electron chi connectivity index (χ3n) is 5.75. The topological polar surface area (TPSA) is 92.7 Å². The molecule has 0 fully saturated rings. The number of nitrogens with zero attached hydrogens (tertiary/aromatic N) is 4. The van der Waals surface area contributed by atoms with Crippen molar-refractivity contribution >= 4 is 22.6 Å². The molecule has 0 bridgehead atoms. The van der Waals surface area contributed by atoms with Crippen LogP contribution in [0.5, 0.6) is 0 Å². The van der Waals surface area contributed by atoms with E-state index in [0.717, 1.165) is 34.8 Å². The predicted octanol–water partition coefficient (Wildman–Crippen LogP) is 5.00. The summed E-state index contributed by atoms with van der Waals surface area (Å²) in [6.07, 6.45) is 3.04. The zero-order valence-corrected chi connectivity index (χ0v) is 19.5. The zero-order valence-electron chi connectivity index (χ0n) is 19.5. The number of para-hydroxylation sites is 1. The van der Waals surface area contributed by atoms with Crippen LogP contribution in [-0.2, 0) is 0 Å². The summed E-state index contributed by atoms with van der Waals surface area (Å²) in [6, 6.07) is 13.0. The number of benzene rings is 1. The lowest BCUT2D eigenvalue weighted by molar-refractivity contribution is 0.0893. The Kier molecular flexibility index (Phi) is 7.54. The van der Waals surface area contributed by atoms with E-state index in [1.165, 1.54) is 12.5 Å². The van der Waals surface area contributed by atoms with Crippen molar-refractivity contribution in [1.29, 1.82) is 0 Å². The standard InChI is InChI=1S/C26H26F2N6O/c1-16(8-10-29-24-12-22(33-15-34-24)18-7-6-17(2)31-13-18)19-4-3-5-20-21(9-11-30-25(19)20)26(35)32-14-23(27)28/h3-7,9,11-13,15-16,23H,8,10,14H2,1-2H3,(H,32,35)(H,29,33,34). The van der Waals surface area contributed by atoms with E-state index in [-0.39, 0.29) is 5.92 Å².